The number of thiophene rings is 1. The summed E-state index contributed by atoms with van der Waals surface area (Å²) >= 11 is 1.50. The number of amides is 1. The highest BCUT2D eigenvalue weighted by molar-refractivity contribution is 7.20. The van der Waals surface area contributed by atoms with Crippen LogP contribution in [0.15, 0.2) is 36.4 Å². The first-order valence-electron chi connectivity index (χ1n) is 9.99. The molecule has 0 saturated carbocycles. The van der Waals surface area contributed by atoms with E-state index in [9.17, 15) is 4.79 Å². The van der Waals surface area contributed by atoms with E-state index in [0.29, 0.717) is 6.54 Å². The number of hydrogen-bond donors (Lipinski definition) is 1. The van der Waals surface area contributed by atoms with Crippen molar-refractivity contribution in [3.05, 3.63) is 63.7 Å². The molecule has 146 valence electrons. The third-order valence-corrected chi connectivity index (χ3v) is 6.84. The number of pyridine rings is 1. The zero-order chi connectivity index (χ0) is 19.7. The molecule has 1 fully saturated rings. The highest BCUT2D eigenvalue weighted by Crippen LogP contribution is 2.32. The topological polar surface area (TPSA) is 45.2 Å². The Morgan fingerprint density at radius 3 is 2.61 bits per heavy atom. The summed E-state index contributed by atoms with van der Waals surface area (Å²) in [4.78, 5) is 21.9. The summed E-state index contributed by atoms with van der Waals surface area (Å²) in [6.07, 6.45) is 2.47. The standard InChI is InChI=1S/C23H27N3OS/c1-15-13-16(2)25-23-20(15)17(3)21(28-23)22(27)24-14-19(26-11-7-8-12-26)18-9-5-4-6-10-18/h4-6,9-10,13,19H,7-8,11-12,14H2,1-3H3,(H,24,27). The van der Waals surface area contributed by atoms with Crippen molar-refractivity contribution in [2.75, 3.05) is 19.6 Å². The van der Waals surface area contributed by atoms with Gasteiger partial charge in [-0.3, -0.25) is 9.69 Å². The molecule has 0 spiro atoms. The fourth-order valence-corrected chi connectivity index (χ4v) is 5.51. The van der Waals surface area contributed by atoms with Gasteiger partial charge in [0.25, 0.3) is 5.91 Å². The van der Waals surface area contributed by atoms with Crippen molar-refractivity contribution < 1.29 is 4.79 Å². The number of nitrogens with zero attached hydrogens (tertiary/aromatic N) is 2. The largest absolute Gasteiger partial charge is 0.349 e. The van der Waals surface area contributed by atoms with E-state index in [1.54, 1.807) is 0 Å². The number of fused-ring (bicyclic) bond motifs is 1. The summed E-state index contributed by atoms with van der Waals surface area (Å²) in [5.41, 5.74) is 4.50. The molecule has 1 saturated heterocycles. The smallest absolute Gasteiger partial charge is 0.261 e. The number of benzene rings is 1. The molecule has 0 aliphatic carbocycles. The minimum absolute atomic E-state index is 0.0117. The van der Waals surface area contributed by atoms with Crippen molar-refractivity contribution in [1.29, 1.82) is 0 Å². The molecule has 28 heavy (non-hydrogen) atoms. The van der Waals surface area contributed by atoms with Crippen LogP contribution < -0.4 is 5.32 Å². The summed E-state index contributed by atoms with van der Waals surface area (Å²) in [5, 5.41) is 4.34. The highest BCUT2D eigenvalue weighted by atomic mass is 32.1. The molecular weight excluding hydrogens is 366 g/mol. The number of carbonyl (C=O) groups is 1. The fourth-order valence-electron chi connectivity index (χ4n) is 4.29. The second kappa shape index (κ2) is 8.02. The van der Waals surface area contributed by atoms with Crippen LogP contribution in [0.25, 0.3) is 10.2 Å². The molecule has 3 aromatic rings. The molecule has 1 aliphatic heterocycles. The molecule has 1 N–H and O–H groups in total. The first kappa shape index (κ1) is 19.1. The summed E-state index contributed by atoms with van der Waals surface area (Å²) in [6, 6.07) is 12.8. The number of aromatic nitrogens is 1. The lowest BCUT2D eigenvalue weighted by Crippen LogP contribution is -2.36. The SMILES string of the molecule is Cc1cc(C)c2c(C)c(C(=O)NCC(c3ccccc3)N3CCCC3)sc2n1. The Morgan fingerprint density at radius 1 is 1.18 bits per heavy atom. The van der Waals surface area contributed by atoms with E-state index in [1.165, 1.54) is 35.3 Å². The van der Waals surface area contributed by atoms with E-state index in [4.69, 9.17) is 0 Å². The van der Waals surface area contributed by atoms with Crippen LogP contribution in [0.5, 0.6) is 0 Å². The molecular formula is C23H27N3OS. The minimum atomic E-state index is 0.0117. The Bertz CT molecular complexity index is 990. The highest BCUT2D eigenvalue weighted by Gasteiger charge is 2.25. The number of hydrogen-bond acceptors (Lipinski definition) is 4. The van der Waals surface area contributed by atoms with Crippen LogP contribution in [0.3, 0.4) is 0 Å². The Morgan fingerprint density at radius 2 is 1.89 bits per heavy atom. The molecule has 1 aliphatic rings. The average molecular weight is 394 g/mol. The van der Waals surface area contributed by atoms with Gasteiger partial charge in [0.05, 0.1) is 10.9 Å². The lowest BCUT2D eigenvalue weighted by Gasteiger charge is -2.28. The van der Waals surface area contributed by atoms with Crippen LogP contribution >= 0.6 is 11.3 Å². The van der Waals surface area contributed by atoms with Crippen LogP contribution in [-0.4, -0.2) is 35.4 Å². The lowest BCUT2D eigenvalue weighted by atomic mass is 10.1. The molecule has 0 radical (unpaired) electrons. The molecule has 4 nitrogen and oxygen atoms in total. The molecule has 5 heteroatoms. The van der Waals surface area contributed by atoms with E-state index in [-0.39, 0.29) is 11.9 Å². The molecule has 1 atom stereocenters. The normalized spacial score (nSPS) is 15.8. The molecule has 0 bridgehead atoms. The fraction of sp³-hybridized carbons (Fsp3) is 0.391. The van der Waals surface area contributed by atoms with Crippen LogP contribution in [0.1, 0.15) is 50.9 Å². The van der Waals surface area contributed by atoms with Crippen molar-refractivity contribution in [2.45, 2.75) is 39.7 Å². The van der Waals surface area contributed by atoms with E-state index < -0.39 is 0 Å². The molecule has 1 unspecified atom stereocenters. The van der Waals surface area contributed by atoms with Gasteiger partial charge < -0.3 is 5.32 Å². The predicted molar refractivity (Wildman–Crippen MR) is 116 cm³/mol. The van der Waals surface area contributed by atoms with Gasteiger partial charge in [-0.2, -0.15) is 0 Å². The van der Waals surface area contributed by atoms with Gasteiger partial charge in [-0.05, 0) is 69.5 Å². The van der Waals surface area contributed by atoms with Gasteiger partial charge in [0.2, 0.25) is 0 Å². The van der Waals surface area contributed by atoms with Crippen molar-refractivity contribution in [1.82, 2.24) is 15.2 Å². The number of nitrogens with one attached hydrogen (secondary N) is 1. The maximum Gasteiger partial charge on any atom is 0.261 e. The third-order valence-electron chi connectivity index (χ3n) is 5.65. The zero-order valence-corrected chi connectivity index (χ0v) is 17.6. The number of likely N-dealkylation sites (tertiary alicyclic amines) is 1. The quantitative estimate of drug-likeness (QED) is 0.678. The Labute approximate surface area is 170 Å². The predicted octanol–water partition coefficient (Wildman–Crippen LogP) is 4.79. The first-order valence-corrected chi connectivity index (χ1v) is 10.8. The molecule has 2 aromatic heterocycles. The average Bonchev–Trinajstić information content (AvgIpc) is 3.31. The number of carbonyl (C=O) groups excluding carboxylic acids is 1. The van der Waals surface area contributed by atoms with Gasteiger partial charge in [0.1, 0.15) is 4.83 Å². The zero-order valence-electron chi connectivity index (χ0n) is 16.8. The summed E-state index contributed by atoms with van der Waals surface area (Å²) in [5.74, 6) is 0.0117. The van der Waals surface area contributed by atoms with Gasteiger partial charge in [0, 0.05) is 17.6 Å². The summed E-state index contributed by atoms with van der Waals surface area (Å²) in [6.45, 7) is 8.95. The minimum Gasteiger partial charge on any atom is -0.349 e. The maximum atomic E-state index is 13.0. The number of aryl methyl sites for hydroxylation is 3. The lowest BCUT2D eigenvalue weighted by molar-refractivity contribution is 0.0941. The van der Waals surface area contributed by atoms with Gasteiger partial charge in [0.15, 0.2) is 0 Å². The Kier molecular flexibility index (Phi) is 5.47. The van der Waals surface area contributed by atoms with E-state index in [2.05, 4.69) is 52.5 Å². The third kappa shape index (κ3) is 3.69. The van der Waals surface area contributed by atoms with Crippen LogP contribution in [-0.2, 0) is 0 Å². The summed E-state index contributed by atoms with van der Waals surface area (Å²) < 4.78 is 0. The van der Waals surface area contributed by atoms with Crippen molar-refractivity contribution in [3.63, 3.8) is 0 Å². The van der Waals surface area contributed by atoms with Crippen LogP contribution in [0.2, 0.25) is 0 Å². The monoisotopic (exact) mass is 393 g/mol. The molecule has 1 aromatic carbocycles. The second-order valence-electron chi connectivity index (χ2n) is 7.70. The maximum absolute atomic E-state index is 13.0. The van der Waals surface area contributed by atoms with E-state index in [0.717, 1.165) is 39.4 Å². The van der Waals surface area contributed by atoms with Gasteiger partial charge >= 0.3 is 0 Å². The van der Waals surface area contributed by atoms with Gasteiger partial charge in [-0.25, -0.2) is 4.98 Å². The van der Waals surface area contributed by atoms with Crippen molar-refractivity contribution in [2.24, 2.45) is 0 Å². The van der Waals surface area contributed by atoms with E-state index >= 15 is 0 Å². The second-order valence-corrected chi connectivity index (χ2v) is 8.70. The van der Waals surface area contributed by atoms with Gasteiger partial charge in [-0.15, -0.1) is 11.3 Å². The van der Waals surface area contributed by atoms with E-state index in [1.807, 2.05) is 19.9 Å². The number of rotatable bonds is 5. The Hall–Kier alpha value is -2.24. The first-order chi connectivity index (χ1) is 13.5. The molecule has 4 rings (SSSR count). The molecule has 1 amide bonds. The van der Waals surface area contributed by atoms with Crippen LogP contribution in [0, 0.1) is 20.8 Å². The van der Waals surface area contributed by atoms with Crippen LogP contribution in [0.4, 0.5) is 0 Å². The summed E-state index contributed by atoms with van der Waals surface area (Å²) in [7, 11) is 0. The molecule has 3 heterocycles. The van der Waals surface area contributed by atoms with Gasteiger partial charge in [-0.1, -0.05) is 30.3 Å². The van der Waals surface area contributed by atoms with Crippen molar-refractivity contribution in [3.8, 4) is 0 Å². The van der Waals surface area contributed by atoms with Crippen molar-refractivity contribution >= 4 is 27.5 Å². The Balaban J connectivity index is 1.56.